The summed E-state index contributed by atoms with van der Waals surface area (Å²) in [5.41, 5.74) is 11.0. The van der Waals surface area contributed by atoms with Gasteiger partial charge in [0.15, 0.2) is 0 Å². The summed E-state index contributed by atoms with van der Waals surface area (Å²) >= 11 is 6.13. The van der Waals surface area contributed by atoms with Crippen molar-refractivity contribution < 1.29 is 9.53 Å². The summed E-state index contributed by atoms with van der Waals surface area (Å²) in [6.45, 7) is 0.582. The van der Waals surface area contributed by atoms with Crippen molar-refractivity contribution in [3.05, 3.63) is 58.1 Å². The summed E-state index contributed by atoms with van der Waals surface area (Å²) in [6, 6.07) is 11.6. The molecule has 1 aliphatic rings. The van der Waals surface area contributed by atoms with E-state index < -0.39 is 0 Å². The molecule has 0 spiro atoms. The molecule has 21 heavy (non-hydrogen) atoms. The maximum atomic E-state index is 11.7. The lowest BCUT2D eigenvalue weighted by Gasteiger charge is -2.13. The van der Waals surface area contributed by atoms with Crippen molar-refractivity contribution in [1.82, 2.24) is 0 Å². The molecule has 3 nitrogen and oxygen atoms in total. The highest BCUT2D eigenvalue weighted by molar-refractivity contribution is 6.30. The first-order valence-corrected chi connectivity index (χ1v) is 7.25. The zero-order valence-corrected chi connectivity index (χ0v) is 12.5. The summed E-state index contributed by atoms with van der Waals surface area (Å²) < 4.78 is 4.80. The predicted molar refractivity (Wildman–Crippen MR) is 83.7 cm³/mol. The van der Waals surface area contributed by atoms with Crippen LogP contribution in [0.2, 0.25) is 5.02 Å². The largest absolute Gasteiger partial charge is 0.465 e. The van der Waals surface area contributed by atoms with Gasteiger partial charge in [0.05, 0.1) is 12.7 Å². The monoisotopic (exact) mass is 301 g/mol. The Bertz CT molecular complexity index is 712. The Kier molecular flexibility index (Phi) is 3.70. The molecule has 0 fully saturated rings. The fourth-order valence-electron chi connectivity index (χ4n) is 3.05. The van der Waals surface area contributed by atoms with Gasteiger partial charge in [0.1, 0.15) is 0 Å². The van der Waals surface area contributed by atoms with Gasteiger partial charge < -0.3 is 10.5 Å². The third kappa shape index (κ3) is 2.33. The molecule has 108 valence electrons. The number of hydrogen-bond acceptors (Lipinski definition) is 3. The Morgan fingerprint density at radius 1 is 1.19 bits per heavy atom. The van der Waals surface area contributed by atoms with Crippen molar-refractivity contribution in [2.24, 2.45) is 5.73 Å². The van der Waals surface area contributed by atoms with Gasteiger partial charge in [-0.15, -0.1) is 0 Å². The Morgan fingerprint density at radius 2 is 1.86 bits per heavy atom. The Labute approximate surface area is 128 Å². The Balaban J connectivity index is 2.16. The van der Waals surface area contributed by atoms with Gasteiger partial charge in [-0.2, -0.15) is 0 Å². The molecule has 1 atom stereocenters. The molecule has 4 heteroatoms. The number of hydrogen-bond donors (Lipinski definition) is 1. The van der Waals surface area contributed by atoms with Crippen LogP contribution in [0.15, 0.2) is 36.4 Å². The van der Waals surface area contributed by atoms with Crippen LogP contribution < -0.4 is 5.73 Å². The number of ether oxygens (including phenoxy) is 1. The maximum Gasteiger partial charge on any atom is 0.337 e. The molecule has 0 bridgehead atoms. The van der Waals surface area contributed by atoms with Crippen LogP contribution in [-0.2, 0) is 4.74 Å². The summed E-state index contributed by atoms with van der Waals surface area (Å²) in [4.78, 5) is 11.7. The predicted octanol–water partition coefficient (Wildman–Crippen LogP) is 3.59. The third-order valence-electron chi connectivity index (χ3n) is 3.98. The van der Waals surface area contributed by atoms with E-state index in [1.165, 1.54) is 18.2 Å². The van der Waals surface area contributed by atoms with E-state index in [1.807, 2.05) is 30.3 Å². The number of fused-ring (bicyclic) bond motifs is 3. The summed E-state index contributed by atoms with van der Waals surface area (Å²) in [6.07, 6.45) is 0.824. The minimum absolute atomic E-state index is 0.184. The number of halogens is 1. The minimum Gasteiger partial charge on any atom is -0.465 e. The number of carbonyl (C=O) groups excluding carboxylic acids is 1. The number of rotatable bonds is 3. The van der Waals surface area contributed by atoms with Crippen molar-refractivity contribution in [1.29, 1.82) is 0 Å². The zero-order valence-electron chi connectivity index (χ0n) is 11.7. The molecular formula is C17H16ClNO2. The van der Waals surface area contributed by atoms with Crippen LogP contribution >= 0.6 is 11.6 Å². The molecule has 0 saturated carbocycles. The van der Waals surface area contributed by atoms with E-state index >= 15 is 0 Å². The van der Waals surface area contributed by atoms with Crippen LogP contribution in [0.4, 0.5) is 0 Å². The average Bonchev–Trinajstić information content (AvgIpc) is 2.80. The second kappa shape index (κ2) is 5.51. The first-order chi connectivity index (χ1) is 10.2. The van der Waals surface area contributed by atoms with Gasteiger partial charge in [-0.3, -0.25) is 0 Å². The summed E-state index contributed by atoms with van der Waals surface area (Å²) in [7, 11) is 1.39. The lowest BCUT2D eigenvalue weighted by atomic mass is 9.93. The molecule has 1 unspecified atom stereocenters. The highest BCUT2D eigenvalue weighted by atomic mass is 35.5. The molecule has 2 aromatic carbocycles. The normalized spacial score (nSPS) is 15.5. The molecule has 3 rings (SSSR count). The lowest BCUT2D eigenvalue weighted by molar-refractivity contribution is 0.0600. The molecular weight excluding hydrogens is 286 g/mol. The van der Waals surface area contributed by atoms with Gasteiger partial charge >= 0.3 is 5.97 Å². The average molecular weight is 302 g/mol. The van der Waals surface area contributed by atoms with E-state index in [9.17, 15) is 4.79 Å². The van der Waals surface area contributed by atoms with Gasteiger partial charge in [-0.1, -0.05) is 23.7 Å². The van der Waals surface area contributed by atoms with E-state index in [1.54, 1.807) is 6.07 Å². The molecule has 0 aliphatic heterocycles. The van der Waals surface area contributed by atoms with Crippen LogP contribution in [-0.4, -0.2) is 19.6 Å². The number of esters is 1. The molecule has 2 N–H and O–H groups in total. The molecule has 0 saturated heterocycles. The second-order valence-corrected chi connectivity index (χ2v) is 5.59. The van der Waals surface area contributed by atoms with Gasteiger partial charge in [-0.05, 0) is 59.5 Å². The smallest absolute Gasteiger partial charge is 0.337 e. The van der Waals surface area contributed by atoms with E-state index in [0.29, 0.717) is 12.1 Å². The molecule has 0 heterocycles. The number of methoxy groups -OCH3 is 1. The third-order valence-corrected chi connectivity index (χ3v) is 4.22. The molecule has 0 amide bonds. The highest BCUT2D eigenvalue weighted by Crippen LogP contribution is 2.47. The molecule has 1 aliphatic carbocycles. The highest BCUT2D eigenvalue weighted by Gasteiger charge is 2.29. The van der Waals surface area contributed by atoms with Gasteiger partial charge in [0.2, 0.25) is 0 Å². The summed E-state index contributed by atoms with van der Waals surface area (Å²) in [5, 5.41) is 0.719. The van der Waals surface area contributed by atoms with Gasteiger partial charge in [-0.25, -0.2) is 4.79 Å². The van der Waals surface area contributed by atoms with Crippen molar-refractivity contribution in [2.75, 3.05) is 13.7 Å². The van der Waals surface area contributed by atoms with Crippen molar-refractivity contribution in [3.8, 4) is 11.1 Å². The fourth-order valence-corrected chi connectivity index (χ4v) is 3.23. The van der Waals surface area contributed by atoms with Gasteiger partial charge in [0, 0.05) is 10.9 Å². The second-order valence-electron chi connectivity index (χ2n) is 5.16. The van der Waals surface area contributed by atoms with Crippen molar-refractivity contribution >= 4 is 17.6 Å². The SMILES string of the molecule is COC(=O)c1ccc2c(c1)C(CCN)c1cc(Cl)ccc1-2. The van der Waals surface area contributed by atoms with Crippen LogP contribution in [0.5, 0.6) is 0 Å². The molecule has 0 radical (unpaired) electrons. The minimum atomic E-state index is -0.321. The van der Waals surface area contributed by atoms with E-state index in [4.69, 9.17) is 22.1 Å². The maximum absolute atomic E-state index is 11.7. The molecule has 0 aromatic heterocycles. The van der Waals surface area contributed by atoms with Crippen LogP contribution in [0.3, 0.4) is 0 Å². The van der Waals surface area contributed by atoms with Crippen molar-refractivity contribution in [2.45, 2.75) is 12.3 Å². The van der Waals surface area contributed by atoms with Crippen molar-refractivity contribution in [3.63, 3.8) is 0 Å². The zero-order chi connectivity index (χ0) is 15.0. The van der Waals surface area contributed by atoms with E-state index in [0.717, 1.165) is 22.6 Å². The number of nitrogens with two attached hydrogens (primary N) is 1. The van der Waals surface area contributed by atoms with Crippen LogP contribution in [0.25, 0.3) is 11.1 Å². The molecule has 2 aromatic rings. The fraction of sp³-hybridized carbons (Fsp3) is 0.235. The van der Waals surface area contributed by atoms with E-state index in [2.05, 4.69) is 0 Å². The topological polar surface area (TPSA) is 52.3 Å². The standard InChI is InChI=1S/C17H16ClNO2/c1-21-17(20)10-2-4-12-13-5-3-11(18)9-16(13)14(6-7-19)15(12)8-10/h2-5,8-9,14H,6-7,19H2,1H3. The number of benzene rings is 2. The first-order valence-electron chi connectivity index (χ1n) is 6.88. The Hall–Kier alpha value is -1.84. The Morgan fingerprint density at radius 3 is 2.52 bits per heavy atom. The van der Waals surface area contributed by atoms with Crippen LogP contribution in [0, 0.1) is 0 Å². The van der Waals surface area contributed by atoms with Crippen LogP contribution in [0.1, 0.15) is 33.8 Å². The van der Waals surface area contributed by atoms with Gasteiger partial charge in [0.25, 0.3) is 0 Å². The van der Waals surface area contributed by atoms with E-state index in [-0.39, 0.29) is 11.9 Å². The number of carbonyl (C=O) groups is 1. The lowest BCUT2D eigenvalue weighted by Crippen LogP contribution is -2.08. The first kappa shape index (κ1) is 14.1. The quantitative estimate of drug-likeness (QED) is 0.882. The summed E-state index contributed by atoms with van der Waals surface area (Å²) in [5.74, 6) is -0.137.